The van der Waals surface area contributed by atoms with Crippen LogP contribution in [0.4, 0.5) is 4.79 Å². The third kappa shape index (κ3) is 7.98. The highest BCUT2D eigenvalue weighted by molar-refractivity contribution is 7.98. The van der Waals surface area contributed by atoms with Crippen LogP contribution in [0.3, 0.4) is 0 Å². The summed E-state index contributed by atoms with van der Waals surface area (Å²) in [5.74, 6) is 2.22. The first kappa shape index (κ1) is 32.4. The minimum atomic E-state index is -1.02. The third-order valence-corrected chi connectivity index (χ3v) is 10.5. The first-order chi connectivity index (χ1) is 21.4. The molecule has 1 saturated carbocycles. The SMILES string of the molecule is COC(=O)OC1(CSCc2ccccc2)N=CN(CCc2ccccc2)C1C1CCC(C(c2ccc(Cl)cc2)N(C)C)CC1. The van der Waals surface area contributed by atoms with Gasteiger partial charge in [-0.25, -0.2) is 9.79 Å². The molecule has 0 aromatic heterocycles. The minimum absolute atomic E-state index is 0.0668. The van der Waals surface area contributed by atoms with E-state index in [0.717, 1.165) is 49.4 Å². The maximum absolute atomic E-state index is 12.8. The lowest BCUT2D eigenvalue weighted by atomic mass is 9.72. The second-order valence-corrected chi connectivity index (χ2v) is 13.6. The molecular formula is C36H44ClN3O3S. The van der Waals surface area contributed by atoms with E-state index in [0.29, 0.717) is 23.6 Å². The number of rotatable bonds is 12. The molecule has 6 nitrogen and oxygen atoms in total. The Hall–Kier alpha value is -3.00. The first-order valence-corrected chi connectivity index (χ1v) is 17.1. The Kier molecular flexibility index (Phi) is 11.3. The van der Waals surface area contributed by atoms with E-state index in [4.69, 9.17) is 26.1 Å². The van der Waals surface area contributed by atoms with Crippen molar-refractivity contribution in [3.8, 4) is 0 Å². The van der Waals surface area contributed by atoms with E-state index in [-0.39, 0.29) is 6.04 Å². The van der Waals surface area contributed by atoms with Crippen LogP contribution < -0.4 is 0 Å². The Balaban J connectivity index is 1.37. The summed E-state index contributed by atoms with van der Waals surface area (Å²) < 4.78 is 11.2. The fourth-order valence-electron chi connectivity index (χ4n) is 7.06. The minimum Gasteiger partial charge on any atom is -0.438 e. The van der Waals surface area contributed by atoms with Crippen molar-refractivity contribution in [2.75, 3.05) is 33.5 Å². The fraction of sp³-hybridized carbons (Fsp3) is 0.444. The molecule has 1 aliphatic heterocycles. The second-order valence-electron chi connectivity index (χ2n) is 12.2. The Bertz CT molecular complexity index is 1350. The van der Waals surface area contributed by atoms with E-state index in [9.17, 15) is 4.79 Å². The molecule has 1 heterocycles. The van der Waals surface area contributed by atoms with Gasteiger partial charge in [0, 0.05) is 23.4 Å². The van der Waals surface area contributed by atoms with E-state index < -0.39 is 11.9 Å². The lowest BCUT2D eigenvalue weighted by Gasteiger charge is -2.45. The van der Waals surface area contributed by atoms with Crippen LogP contribution in [0.2, 0.25) is 5.02 Å². The van der Waals surface area contributed by atoms with Crippen LogP contribution in [0, 0.1) is 11.8 Å². The molecule has 1 aliphatic carbocycles. The van der Waals surface area contributed by atoms with Gasteiger partial charge in [0.25, 0.3) is 0 Å². The van der Waals surface area contributed by atoms with Gasteiger partial charge in [0.05, 0.1) is 25.2 Å². The van der Waals surface area contributed by atoms with Crippen molar-refractivity contribution in [1.29, 1.82) is 0 Å². The maximum Gasteiger partial charge on any atom is 0.510 e. The zero-order valence-electron chi connectivity index (χ0n) is 26.0. The van der Waals surface area contributed by atoms with Crippen molar-refractivity contribution in [1.82, 2.24) is 9.80 Å². The predicted octanol–water partition coefficient (Wildman–Crippen LogP) is 8.12. The lowest BCUT2D eigenvalue weighted by Crippen LogP contribution is -2.55. The van der Waals surface area contributed by atoms with Crippen molar-refractivity contribution in [3.05, 3.63) is 107 Å². The van der Waals surface area contributed by atoms with Gasteiger partial charge in [0.1, 0.15) is 0 Å². The molecule has 5 rings (SSSR count). The highest BCUT2D eigenvalue weighted by Crippen LogP contribution is 2.46. The highest BCUT2D eigenvalue weighted by Gasteiger charge is 2.53. The van der Waals surface area contributed by atoms with Gasteiger partial charge in [-0.05, 0) is 86.9 Å². The number of halogens is 1. The Labute approximate surface area is 271 Å². The third-order valence-electron chi connectivity index (χ3n) is 9.07. The maximum atomic E-state index is 12.8. The number of hydrogen-bond acceptors (Lipinski definition) is 7. The average molecular weight is 634 g/mol. The van der Waals surface area contributed by atoms with Crippen LogP contribution in [0.1, 0.15) is 48.4 Å². The van der Waals surface area contributed by atoms with Crippen molar-refractivity contribution in [2.24, 2.45) is 16.8 Å². The van der Waals surface area contributed by atoms with Crippen LogP contribution in [0.5, 0.6) is 0 Å². The number of methoxy groups -OCH3 is 1. The molecular weight excluding hydrogens is 590 g/mol. The van der Waals surface area contributed by atoms with E-state index in [2.05, 4.69) is 84.6 Å². The van der Waals surface area contributed by atoms with E-state index in [1.54, 1.807) is 11.8 Å². The van der Waals surface area contributed by atoms with E-state index in [1.807, 2.05) is 30.6 Å². The van der Waals surface area contributed by atoms with Crippen LogP contribution in [-0.2, 0) is 21.6 Å². The standard InChI is InChI=1S/C36H44ClN3O3S/c1-39(2)33(30-18-20-32(37)21-19-30)29-14-16-31(17-15-29)34-36(43-35(41)42-3,25-44-24-28-12-8-5-9-13-28)38-26-40(34)23-22-27-10-6-4-7-11-27/h4-13,18-21,26,29,31,33-34H,14-17,22-25H2,1-3H3. The number of thioether (sulfide) groups is 1. The quantitative estimate of drug-likeness (QED) is 0.188. The van der Waals surface area contributed by atoms with Gasteiger partial charge in [-0.3, -0.25) is 0 Å². The lowest BCUT2D eigenvalue weighted by molar-refractivity contribution is -0.0577. The molecule has 0 bridgehead atoms. The second kappa shape index (κ2) is 15.3. The van der Waals surface area contributed by atoms with Crippen molar-refractivity contribution < 1.29 is 14.3 Å². The predicted molar refractivity (Wildman–Crippen MR) is 181 cm³/mol. The Morgan fingerprint density at radius 3 is 2.23 bits per heavy atom. The molecule has 8 heteroatoms. The summed E-state index contributed by atoms with van der Waals surface area (Å²) >= 11 is 7.98. The van der Waals surface area contributed by atoms with Gasteiger partial charge < -0.3 is 19.3 Å². The number of carbonyl (C=O) groups excluding carboxylic acids is 1. The summed E-state index contributed by atoms with van der Waals surface area (Å²) in [6.45, 7) is 0.804. The van der Waals surface area contributed by atoms with Crippen LogP contribution in [-0.4, -0.2) is 67.6 Å². The number of nitrogens with zero attached hydrogens (tertiary/aromatic N) is 3. The monoisotopic (exact) mass is 633 g/mol. The smallest absolute Gasteiger partial charge is 0.438 e. The number of carbonyl (C=O) groups is 1. The van der Waals surface area contributed by atoms with E-state index in [1.165, 1.54) is 23.8 Å². The normalized spacial score (nSPS) is 23.9. The van der Waals surface area contributed by atoms with Crippen molar-refractivity contribution in [3.63, 3.8) is 0 Å². The Morgan fingerprint density at radius 2 is 1.61 bits per heavy atom. The van der Waals surface area contributed by atoms with Gasteiger partial charge in [-0.1, -0.05) is 84.4 Å². The van der Waals surface area contributed by atoms with Gasteiger partial charge in [0.2, 0.25) is 5.72 Å². The molecule has 0 N–H and O–H groups in total. The fourth-order valence-corrected chi connectivity index (χ4v) is 8.31. The molecule has 0 spiro atoms. The summed E-state index contributed by atoms with van der Waals surface area (Å²) in [7, 11) is 5.71. The molecule has 3 unspecified atom stereocenters. The van der Waals surface area contributed by atoms with Gasteiger partial charge in [0.15, 0.2) is 0 Å². The summed E-state index contributed by atoms with van der Waals surface area (Å²) in [5.41, 5.74) is 2.81. The largest absolute Gasteiger partial charge is 0.510 e. The van der Waals surface area contributed by atoms with Crippen LogP contribution in [0.15, 0.2) is 89.9 Å². The molecule has 3 aromatic rings. The summed E-state index contributed by atoms with van der Waals surface area (Å²) in [5, 5.41) is 0.763. The van der Waals surface area contributed by atoms with Crippen molar-refractivity contribution >= 4 is 35.9 Å². The van der Waals surface area contributed by atoms with Crippen LogP contribution >= 0.6 is 23.4 Å². The molecule has 2 aliphatic rings. The first-order valence-electron chi connectivity index (χ1n) is 15.5. The topological polar surface area (TPSA) is 54.4 Å². The Morgan fingerprint density at radius 1 is 0.977 bits per heavy atom. The summed E-state index contributed by atoms with van der Waals surface area (Å²) in [6, 6.07) is 29.5. The van der Waals surface area contributed by atoms with Crippen molar-refractivity contribution in [2.45, 2.75) is 55.7 Å². The molecule has 3 atom stereocenters. The van der Waals surface area contributed by atoms with Crippen LogP contribution in [0.25, 0.3) is 0 Å². The summed E-state index contributed by atoms with van der Waals surface area (Å²) in [4.78, 5) is 22.4. The zero-order valence-corrected chi connectivity index (χ0v) is 27.6. The number of hydrogen-bond donors (Lipinski definition) is 0. The molecule has 0 radical (unpaired) electrons. The zero-order chi connectivity index (χ0) is 30.9. The molecule has 44 heavy (non-hydrogen) atoms. The highest BCUT2D eigenvalue weighted by atomic mass is 35.5. The molecule has 0 saturated heterocycles. The van der Waals surface area contributed by atoms with Gasteiger partial charge in [-0.2, -0.15) is 11.8 Å². The average Bonchev–Trinajstić information content (AvgIpc) is 3.39. The molecule has 3 aromatic carbocycles. The number of benzene rings is 3. The number of ether oxygens (including phenoxy) is 2. The number of aliphatic imine (C=N–C) groups is 1. The summed E-state index contributed by atoms with van der Waals surface area (Å²) in [6.07, 6.45) is 6.39. The van der Waals surface area contributed by atoms with Gasteiger partial charge in [-0.15, -0.1) is 0 Å². The molecule has 1 fully saturated rings. The molecule has 0 amide bonds. The van der Waals surface area contributed by atoms with E-state index >= 15 is 0 Å². The van der Waals surface area contributed by atoms with Gasteiger partial charge >= 0.3 is 6.16 Å². The molecule has 234 valence electrons.